The summed E-state index contributed by atoms with van der Waals surface area (Å²) in [6, 6.07) is 13.5. The lowest BCUT2D eigenvalue weighted by Gasteiger charge is -1.99. The van der Waals surface area contributed by atoms with Gasteiger partial charge in [-0.15, -0.1) is 0 Å². The zero-order chi connectivity index (χ0) is 14.4. The van der Waals surface area contributed by atoms with Crippen molar-refractivity contribution in [1.82, 2.24) is 0 Å². The highest BCUT2D eigenvalue weighted by Crippen LogP contribution is 2.24. The first-order valence-corrected chi connectivity index (χ1v) is 5.78. The standard InChI is InChI=1S/C14H10N4O2/c15-17-16-13-7-3-1-5-11(13)9-10-12-6-2-4-8-14(12)18(19)20/h1-10H/b10-9-. The third kappa shape index (κ3) is 3.01. The SMILES string of the molecule is [N-]=[N+]=Nc1ccccc1/C=C\c1ccccc1[N+](=O)[O-]. The van der Waals surface area contributed by atoms with Crippen LogP contribution in [0.15, 0.2) is 53.6 Å². The van der Waals surface area contributed by atoms with Gasteiger partial charge in [-0.1, -0.05) is 47.6 Å². The third-order valence-electron chi connectivity index (χ3n) is 2.67. The van der Waals surface area contributed by atoms with Crippen LogP contribution in [0, 0.1) is 10.1 Å². The summed E-state index contributed by atoms with van der Waals surface area (Å²) in [6.45, 7) is 0. The summed E-state index contributed by atoms with van der Waals surface area (Å²) in [4.78, 5) is 13.2. The zero-order valence-electron chi connectivity index (χ0n) is 10.4. The van der Waals surface area contributed by atoms with Gasteiger partial charge in [-0.25, -0.2) is 0 Å². The van der Waals surface area contributed by atoms with Gasteiger partial charge in [0.2, 0.25) is 0 Å². The molecular formula is C14H10N4O2. The second kappa shape index (κ2) is 6.17. The number of benzene rings is 2. The Hall–Kier alpha value is -3.11. The van der Waals surface area contributed by atoms with E-state index in [-0.39, 0.29) is 5.69 Å². The van der Waals surface area contributed by atoms with E-state index in [4.69, 9.17) is 5.53 Å². The first-order chi connectivity index (χ1) is 9.72. The smallest absolute Gasteiger partial charge is 0.258 e. The Morgan fingerprint density at radius 2 is 1.65 bits per heavy atom. The molecule has 6 heteroatoms. The van der Waals surface area contributed by atoms with Crippen molar-refractivity contribution in [2.24, 2.45) is 5.11 Å². The lowest BCUT2D eigenvalue weighted by atomic mass is 10.1. The van der Waals surface area contributed by atoms with E-state index in [0.29, 0.717) is 16.8 Å². The van der Waals surface area contributed by atoms with Crippen LogP contribution in [0.2, 0.25) is 0 Å². The minimum atomic E-state index is -0.432. The molecule has 0 aliphatic rings. The summed E-state index contributed by atoms with van der Waals surface area (Å²) >= 11 is 0. The Labute approximate surface area is 114 Å². The number of para-hydroxylation sites is 1. The summed E-state index contributed by atoms with van der Waals surface area (Å²) in [5.41, 5.74) is 10.2. The highest BCUT2D eigenvalue weighted by Gasteiger charge is 2.09. The molecule has 0 saturated heterocycles. The minimum Gasteiger partial charge on any atom is -0.258 e. The van der Waals surface area contributed by atoms with E-state index in [1.54, 1.807) is 54.6 Å². The molecule has 0 amide bonds. The average Bonchev–Trinajstić information content (AvgIpc) is 2.47. The van der Waals surface area contributed by atoms with Gasteiger partial charge < -0.3 is 0 Å². The topological polar surface area (TPSA) is 91.9 Å². The molecule has 6 nitrogen and oxygen atoms in total. The van der Waals surface area contributed by atoms with E-state index in [1.165, 1.54) is 6.07 Å². The van der Waals surface area contributed by atoms with Crippen molar-refractivity contribution in [3.05, 3.63) is 80.2 Å². The van der Waals surface area contributed by atoms with Crippen molar-refractivity contribution in [3.63, 3.8) is 0 Å². The molecule has 0 radical (unpaired) electrons. The van der Waals surface area contributed by atoms with Gasteiger partial charge in [0.05, 0.1) is 10.5 Å². The Morgan fingerprint density at radius 1 is 1.05 bits per heavy atom. The molecule has 2 rings (SSSR count). The first-order valence-electron chi connectivity index (χ1n) is 5.78. The molecule has 0 bridgehead atoms. The number of nitro benzene ring substituents is 1. The lowest BCUT2D eigenvalue weighted by molar-refractivity contribution is -0.385. The van der Waals surface area contributed by atoms with Crippen LogP contribution in [0.5, 0.6) is 0 Å². The highest BCUT2D eigenvalue weighted by atomic mass is 16.6. The maximum absolute atomic E-state index is 10.9. The molecule has 0 N–H and O–H groups in total. The fourth-order valence-corrected chi connectivity index (χ4v) is 1.74. The molecule has 0 aromatic heterocycles. The fraction of sp³-hybridized carbons (Fsp3) is 0. The van der Waals surface area contributed by atoms with Crippen LogP contribution in [-0.2, 0) is 0 Å². The Kier molecular flexibility index (Phi) is 4.11. The van der Waals surface area contributed by atoms with Gasteiger partial charge in [0, 0.05) is 16.7 Å². The van der Waals surface area contributed by atoms with E-state index >= 15 is 0 Å². The monoisotopic (exact) mass is 266 g/mol. The van der Waals surface area contributed by atoms with Crippen molar-refractivity contribution in [2.45, 2.75) is 0 Å². The van der Waals surface area contributed by atoms with Crippen molar-refractivity contribution in [1.29, 1.82) is 0 Å². The Morgan fingerprint density at radius 3 is 2.35 bits per heavy atom. The molecule has 0 heterocycles. The van der Waals surface area contributed by atoms with E-state index < -0.39 is 4.92 Å². The molecule has 2 aromatic carbocycles. The number of nitro groups is 1. The molecular weight excluding hydrogens is 256 g/mol. The number of hydrogen-bond acceptors (Lipinski definition) is 3. The molecule has 0 aliphatic heterocycles. The number of nitrogens with zero attached hydrogens (tertiary/aromatic N) is 4. The van der Waals surface area contributed by atoms with Crippen LogP contribution in [0.25, 0.3) is 22.6 Å². The Bertz CT molecular complexity index is 671. The highest BCUT2D eigenvalue weighted by molar-refractivity contribution is 5.78. The Balaban J connectivity index is 2.40. The summed E-state index contributed by atoms with van der Waals surface area (Å²) in [7, 11) is 0. The van der Waals surface area contributed by atoms with Crippen LogP contribution in [0.1, 0.15) is 11.1 Å². The van der Waals surface area contributed by atoms with Crippen LogP contribution >= 0.6 is 0 Å². The fourth-order valence-electron chi connectivity index (χ4n) is 1.74. The first kappa shape index (κ1) is 13.3. The van der Waals surface area contributed by atoms with E-state index in [0.717, 1.165) is 0 Å². The number of hydrogen-bond donors (Lipinski definition) is 0. The van der Waals surface area contributed by atoms with E-state index in [9.17, 15) is 10.1 Å². The van der Waals surface area contributed by atoms with Crippen molar-refractivity contribution < 1.29 is 4.92 Å². The predicted molar refractivity (Wildman–Crippen MR) is 77.3 cm³/mol. The molecule has 0 fully saturated rings. The average molecular weight is 266 g/mol. The summed E-state index contributed by atoms with van der Waals surface area (Å²) in [5, 5.41) is 14.5. The maximum Gasteiger partial charge on any atom is 0.276 e. The number of azide groups is 1. The van der Waals surface area contributed by atoms with Crippen LogP contribution < -0.4 is 0 Å². The van der Waals surface area contributed by atoms with Crippen molar-refractivity contribution >= 4 is 23.5 Å². The molecule has 20 heavy (non-hydrogen) atoms. The van der Waals surface area contributed by atoms with Crippen LogP contribution in [0.3, 0.4) is 0 Å². The van der Waals surface area contributed by atoms with Gasteiger partial charge in [-0.3, -0.25) is 10.1 Å². The summed E-state index contributed by atoms with van der Waals surface area (Å²) in [6.07, 6.45) is 3.32. The molecule has 0 unspecified atom stereocenters. The maximum atomic E-state index is 10.9. The van der Waals surface area contributed by atoms with Gasteiger partial charge in [-0.2, -0.15) is 0 Å². The van der Waals surface area contributed by atoms with Gasteiger partial charge in [-0.05, 0) is 23.2 Å². The predicted octanol–water partition coefficient (Wildman–Crippen LogP) is 4.71. The van der Waals surface area contributed by atoms with Gasteiger partial charge >= 0.3 is 0 Å². The van der Waals surface area contributed by atoms with E-state index in [2.05, 4.69) is 10.0 Å². The molecule has 98 valence electrons. The molecule has 0 spiro atoms. The lowest BCUT2D eigenvalue weighted by Crippen LogP contribution is -1.90. The second-order valence-corrected chi connectivity index (χ2v) is 3.90. The molecule has 0 saturated carbocycles. The molecule has 0 atom stereocenters. The minimum absolute atomic E-state index is 0.0324. The quantitative estimate of drug-likeness (QED) is 0.200. The van der Waals surface area contributed by atoms with Crippen molar-refractivity contribution in [2.75, 3.05) is 0 Å². The molecule has 2 aromatic rings. The van der Waals surface area contributed by atoms with Gasteiger partial charge in [0.15, 0.2) is 0 Å². The van der Waals surface area contributed by atoms with Gasteiger partial charge in [0.25, 0.3) is 5.69 Å². The largest absolute Gasteiger partial charge is 0.276 e. The molecule has 0 aliphatic carbocycles. The van der Waals surface area contributed by atoms with Crippen molar-refractivity contribution in [3.8, 4) is 0 Å². The van der Waals surface area contributed by atoms with E-state index in [1.807, 2.05) is 0 Å². The van der Waals surface area contributed by atoms with Crippen LogP contribution in [0.4, 0.5) is 11.4 Å². The van der Waals surface area contributed by atoms with Gasteiger partial charge in [0.1, 0.15) is 0 Å². The summed E-state index contributed by atoms with van der Waals surface area (Å²) < 4.78 is 0. The second-order valence-electron chi connectivity index (χ2n) is 3.90. The summed E-state index contributed by atoms with van der Waals surface area (Å²) in [5.74, 6) is 0. The number of rotatable bonds is 4. The normalized spacial score (nSPS) is 10.2. The zero-order valence-corrected chi connectivity index (χ0v) is 10.4. The third-order valence-corrected chi connectivity index (χ3v) is 2.67. The van der Waals surface area contributed by atoms with Crippen LogP contribution in [-0.4, -0.2) is 4.92 Å².